The summed E-state index contributed by atoms with van der Waals surface area (Å²) in [6.07, 6.45) is 0. The van der Waals surface area contributed by atoms with Gasteiger partial charge in [-0.2, -0.15) is 0 Å². The van der Waals surface area contributed by atoms with E-state index in [1.54, 1.807) is 13.8 Å². The molecule has 0 saturated heterocycles. The van der Waals surface area contributed by atoms with Crippen molar-refractivity contribution in [1.29, 1.82) is 0 Å². The highest BCUT2D eigenvalue weighted by atomic mass is 16.2. The van der Waals surface area contributed by atoms with Gasteiger partial charge in [0.1, 0.15) is 11.5 Å². The molecule has 0 saturated carbocycles. The molecule has 2 N–H and O–H groups in total. The number of amides is 1. The summed E-state index contributed by atoms with van der Waals surface area (Å²) in [7, 11) is 0. The van der Waals surface area contributed by atoms with E-state index in [1.807, 2.05) is 31.2 Å². The number of nitrogens with zero attached hydrogens (tertiary/aromatic N) is 2. The van der Waals surface area contributed by atoms with E-state index in [4.69, 9.17) is 0 Å². The van der Waals surface area contributed by atoms with Crippen LogP contribution in [0.5, 0.6) is 0 Å². The predicted molar refractivity (Wildman–Crippen MR) is 102 cm³/mol. The number of aromatic nitrogens is 3. The molecule has 0 radical (unpaired) electrons. The van der Waals surface area contributed by atoms with Crippen molar-refractivity contribution < 1.29 is 9.59 Å². The third kappa shape index (κ3) is 2.92. The summed E-state index contributed by atoms with van der Waals surface area (Å²) < 4.78 is 2.11. The summed E-state index contributed by atoms with van der Waals surface area (Å²) in [6, 6.07) is 7.67. The molecular weight excluding hydrogens is 328 g/mol. The molecule has 3 rings (SSSR count). The fourth-order valence-electron chi connectivity index (χ4n) is 3.60. The number of fused-ring (bicyclic) bond motifs is 1. The number of H-pyrrole nitrogens is 1. The summed E-state index contributed by atoms with van der Waals surface area (Å²) in [5.41, 5.74) is 4.38. The quantitative estimate of drug-likeness (QED) is 0.687. The molecule has 6 heteroatoms. The maximum atomic E-state index is 12.8. The van der Waals surface area contributed by atoms with E-state index >= 15 is 0 Å². The van der Waals surface area contributed by atoms with Crippen molar-refractivity contribution in [2.24, 2.45) is 0 Å². The first-order valence-corrected chi connectivity index (χ1v) is 8.81. The van der Waals surface area contributed by atoms with Crippen LogP contribution in [0.15, 0.2) is 24.3 Å². The van der Waals surface area contributed by atoms with Crippen LogP contribution in [0, 0.1) is 13.8 Å². The van der Waals surface area contributed by atoms with E-state index in [2.05, 4.69) is 26.8 Å². The highest BCUT2D eigenvalue weighted by molar-refractivity contribution is 6.02. The van der Waals surface area contributed by atoms with Crippen molar-refractivity contribution in [3.63, 3.8) is 0 Å². The fourth-order valence-corrected chi connectivity index (χ4v) is 3.60. The molecule has 1 unspecified atom stereocenters. The summed E-state index contributed by atoms with van der Waals surface area (Å²) in [5.74, 6) is 0.534. The lowest BCUT2D eigenvalue weighted by Gasteiger charge is -2.15. The molecule has 1 atom stereocenters. The van der Waals surface area contributed by atoms with Gasteiger partial charge in [-0.3, -0.25) is 9.59 Å². The van der Waals surface area contributed by atoms with E-state index in [0.717, 1.165) is 23.4 Å². The smallest absolute Gasteiger partial charge is 0.268 e. The van der Waals surface area contributed by atoms with Crippen LogP contribution in [0.1, 0.15) is 64.7 Å². The number of hydrogen-bond donors (Lipinski definition) is 2. The van der Waals surface area contributed by atoms with Crippen LogP contribution >= 0.6 is 0 Å². The van der Waals surface area contributed by atoms with E-state index in [0.29, 0.717) is 22.5 Å². The number of rotatable bonds is 5. The number of carbonyl (C=O) groups is 2. The largest absolute Gasteiger partial charge is 0.354 e. The zero-order valence-corrected chi connectivity index (χ0v) is 15.8. The van der Waals surface area contributed by atoms with E-state index in [-0.39, 0.29) is 17.7 Å². The number of Topliss-reactive ketones (excluding diaryl/α,β-unsaturated/α-hetero) is 1. The molecular formula is C20H24N4O2. The normalized spacial score (nSPS) is 12.3. The average molecular weight is 352 g/mol. The Morgan fingerprint density at radius 3 is 2.58 bits per heavy atom. The number of aromatic amines is 1. The van der Waals surface area contributed by atoms with Crippen molar-refractivity contribution in [3.8, 4) is 0 Å². The van der Waals surface area contributed by atoms with Crippen LogP contribution in [-0.4, -0.2) is 26.2 Å². The molecule has 6 nitrogen and oxygen atoms in total. The standard InChI is InChI=1S/C20H24N4O2/c1-6-24-16-10-8-7-9-15(16)23-19(24)13(4)22-20(26)18-11(2)17(14(5)25)12(3)21-18/h7-10,13,21H,6H2,1-5H3,(H,22,26). The number of aryl methyl sites for hydroxylation is 2. The summed E-state index contributed by atoms with van der Waals surface area (Å²) in [6.45, 7) is 9.86. The Labute approximate surface area is 152 Å². The average Bonchev–Trinajstić information content (AvgIpc) is 3.11. The first-order chi connectivity index (χ1) is 12.3. The van der Waals surface area contributed by atoms with Gasteiger partial charge in [-0.05, 0) is 52.3 Å². The van der Waals surface area contributed by atoms with Crippen LogP contribution < -0.4 is 5.32 Å². The second-order valence-corrected chi connectivity index (χ2v) is 6.58. The number of hydrogen-bond acceptors (Lipinski definition) is 3. The highest BCUT2D eigenvalue weighted by Crippen LogP contribution is 2.22. The van der Waals surface area contributed by atoms with Gasteiger partial charge in [0, 0.05) is 17.8 Å². The fraction of sp³-hybridized carbons (Fsp3) is 0.350. The molecule has 1 amide bonds. The summed E-state index contributed by atoms with van der Waals surface area (Å²) in [5, 5.41) is 3.00. The Morgan fingerprint density at radius 1 is 1.27 bits per heavy atom. The molecule has 0 aliphatic heterocycles. The van der Waals surface area contributed by atoms with Crippen LogP contribution in [0.4, 0.5) is 0 Å². The number of benzene rings is 1. The van der Waals surface area contributed by atoms with Crippen molar-refractivity contribution >= 4 is 22.7 Å². The highest BCUT2D eigenvalue weighted by Gasteiger charge is 2.23. The third-order valence-electron chi connectivity index (χ3n) is 4.75. The maximum Gasteiger partial charge on any atom is 0.268 e. The van der Waals surface area contributed by atoms with Crippen molar-refractivity contribution in [2.45, 2.75) is 47.2 Å². The molecule has 26 heavy (non-hydrogen) atoms. The predicted octanol–water partition coefficient (Wildman–Crippen LogP) is 3.69. The number of ketones is 1. The van der Waals surface area contributed by atoms with Gasteiger partial charge in [-0.15, -0.1) is 0 Å². The van der Waals surface area contributed by atoms with Crippen molar-refractivity contribution in [3.05, 3.63) is 52.6 Å². The molecule has 2 aromatic heterocycles. The zero-order chi connectivity index (χ0) is 19.0. The Balaban J connectivity index is 1.91. The molecule has 0 bridgehead atoms. The number of carbonyl (C=O) groups excluding carboxylic acids is 2. The molecule has 1 aromatic carbocycles. The molecule has 3 aromatic rings. The minimum absolute atomic E-state index is 0.0453. The number of nitrogens with one attached hydrogen (secondary N) is 2. The van der Waals surface area contributed by atoms with Crippen LogP contribution in [0.25, 0.3) is 11.0 Å². The molecule has 2 heterocycles. The topological polar surface area (TPSA) is 79.8 Å². The lowest BCUT2D eigenvalue weighted by atomic mass is 10.1. The second-order valence-electron chi connectivity index (χ2n) is 6.58. The Bertz CT molecular complexity index is 997. The minimum Gasteiger partial charge on any atom is -0.354 e. The summed E-state index contributed by atoms with van der Waals surface area (Å²) >= 11 is 0. The zero-order valence-electron chi connectivity index (χ0n) is 15.8. The van der Waals surface area contributed by atoms with Gasteiger partial charge in [0.2, 0.25) is 0 Å². The second kappa shape index (κ2) is 6.78. The number of imidazole rings is 1. The van der Waals surface area contributed by atoms with Gasteiger partial charge < -0.3 is 14.9 Å². The van der Waals surface area contributed by atoms with E-state index in [9.17, 15) is 9.59 Å². The summed E-state index contributed by atoms with van der Waals surface area (Å²) in [4.78, 5) is 32.3. The first-order valence-electron chi connectivity index (χ1n) is 8.81. The van der Waals surface area contributed by atoms with Gasteiger partial charge >= 0.3 is 0 Å². The van der Waals surface area contributed by atoms with Gasteiger partial charge in [-0.1, -0.05) is 12.1 Å². The van der Waals surface area contributed by atoms with Crippen molar-refractivity contribution in [2.75, 3.05) is 0 Å². The Morgan fingerprint density at radius 2 is 1.96 bits per heavy atom. The van der Waals surface area contributed by atoms with Crippen molar-refractivity contribution in [1.82, 2.24) is 19.9 Å². The lowest BCUT2D eigenvalue weighted by molar-refractivity contribution is 0.0932. The minimum atomic E-state index is -0.265. The SMILES string of the molecule is CCn1c(C(C)NC(=O)c2[nH]c(C)c(C(C)=O)c2C)nc2ccccc21. The van der Waals surface area contributed by atoms with Gasteiger partial charge in [0.15, 0.2) is 5.78 Å². The Hall–Kier alpha value is -2.89. The van der Waals surface area contributed by atoms with E-state index in [1.165, 1.54) is 6.92 Å². The van der Waals surface area contributed by atoms with Crippen LogP contribution in [-0.2, 0) is 6.54 Å². The molecule has 0 fully saturated rings. The molecule has 0 spiro atoms. The molecule has 0 aliphatic rings. The number of para-hydroxylation sites is 2. The lowest BCUT2D eigenvalue weighted by Crippen LogP contribution is -2.29. The Kier molecular flexibility index (Phi) is 4.68. The van der Waals surface area contributed by atoms with E-state index < -0.39 is 0 Å². The molecule has 0 aliphatic carbocycles. The monoisotopic (exact) mass is 352 g/mol. The first kappa shape index (κ1) is 17.9. The van der Waals surface area contributed by atoms with Gasteiger partial charge in [0.05, 0.1) is 17.1 Å². The van der Waals surface area contributed by atoms with Gasteiger partial charge in [-0.25, -0.2) is 4.98 Å². The van der Waals surface area contributed by atoms with Crippen LogP contribution in [0.3, 0.4) is 0 Å². The molecule has 136 valence electrons. The maximum absolute atomic E-state index is 12.8. The van der Waals surface area contributed by atoms with Gasteiger partial charge in [0.25, 0.3) is 5.91 Å². The third-order valence-corrected chi connectivity index (χ3v) is 4.75. The van der Waals surface area contributed by atoms with Crippen LogP contribution in [0.2, 0.25) is 0 Å².